The molecule has 2 aliphatic rings. The highest BCUT2D eigenvalue weighted by Gasteiger charge is 2.31. The van der Waals surface area contributed by atoms with E-state index in [0.29, 0.717) is 13.1 Å². The summed E-state index contributed by atoms with van der Waals surface area (Å²) in [6.45, 7) is 0.904. The van der Waals surface area contributed by atoms with E-state index in [1.54, 1.807) is 4.90 Å². The number of fused-ring (bicyclic) bond motifs is 3. The lowest BCUT2D eigenvalue weighted by molar-refractivity contribution is -0.145. The highest BCUT2D eigenvalue weighted by molar-refractivity contribution is 5.79. The lowest BCUT2D eigenvalue weighted by Crippen LogP contribution is -2.44. The first kappa shape index (κ1) is 18.5. The fourth-order valence-electron chi connectivity index (χ4n) is 4.11. The average molecular weight is 381 g/mol. The largest absolute Gasteiger partial charge is 0.480 e. The van der Waals surface area contributed by atoms with E-state index >= 15 is 0 Å². The predicted molar refractivity (Wildman–Crippen MR) is 103 cm³/mol. The molecule has 1 unspecified atom stereocenters. The number of carboxylic acid groups (broad SMARTS) is 1. The van der Waals surface area contributed by atoms with Crippen molar-refractivity contribution in [3.05, 3.63) is 59.7 Å². The van der Waals surface area contributed by atoms with Gasteiger partial charge in [0.1, 0.15) is 13.2 Å². The molecule has 28 heavy (non-hydrogen) atoms. The van der Waals surface area contributed by atoms with E-state index in [1.165, 1.54) is 22.3 Å². The summed E-state index contributed by atoms with van der Waals surface area (Å²) in [5, 5.41) is 8.75. The molecule has 1 heterocycles. The first-order valence-corrected chi connectivity index (χ1v) is 9.57. The summed E-state index contributed by atoms with van der Waals surface area (Å²) >= 11 is 0. The molecule has 6 heteroatoms. The Morgan fingerprint density at radius 1 is 1.04 bits per heavy atom. The zero-order chi connectivity index (χ0) is 19.5. The van der Waals surface area contributed by atoms with Gasteiger partial charge in [0.2, 0.25) is 0 Å². The van der Waals surface area contributed by atoms with Gasteiger partial charge in [0.15, 0.2) is 0 Å². The lowest BCUT2D eigenvalue weighted by atomic mass is 9.98. The number of rotatable bonds is 5. The fraction of sp³-hybridized carbons (Fsp3) is 0.364. The second kappa shape index (κ2) is 8.02. The van der Waals surface area contributed by atoms with E-state index in [-0.39, 0.29) is 31.3 Å². The Balaban J connectivity index is 1.40. The van der Waals surface area contributed by atoms with E-state index in [0.717, 1.165) is 12.8 Å². The van der Waals surface area contributed by atoms with Gasteiger partial charge in [-0.15, -0.1) is 0 Å². The number of nitrogens with zero attached hydrogens (tertiary/aromatic N) is 1. The van der Waals surface area contributed by atoms with Gasteiger partial charge in [-0.25, -0.2) is 9.59 Å². The molecule has 6 nitrogen and oxygen atoms in total. The summed E-state index contributed by atoms with van der Waals surface area (Å²) in [5.41, 5.74) is 4.74. The molecule has 146 valence electrons. The van der Waals surface area contributed by atoms with Crippen LogP contribution in [0.4, 0.5) is 4.79 Å². The Morgan fingerprint density at radius 3 is 2.32 bits per heavy atom. The second-order valence-electron chi connectivity index (χ2n) is 7.22. The fourth-order valence-corrected chi connectivity index (χ4v) is 4.11. The lowest BCUT2D eigenvalue weighted by Gasteiger charge is -2.32. The molecule has 1 saturated heterocycles. The Kier molecular flexibility index (Phi) is 5.30. The molecule has 1 atom stereocenters. The van der Waals surface area contributed by atoms with Gasteiger partial charge in [-0.2, -0.15) is 0 Å². The van der Waals surface area contributed by atoms with Crippen molar-refractivity contribution in [1.29, 1.82) is 0 Å². The van der Waals surface area contributed by atoms with E-state index in [4.69, 9.17) is 14.6 Å². The molecule has 1 N–H and O–H groups in total. The third-order valence-electron chi connectivity index (χ3n) is 5.41. The summed E-state index contributed by atoms with van der Waals surface area (Å²) in [4.78, 5) is 24.9. The van der Waals surface area contributed by atoms with E-state index < -0.39 is 5.97 Å². The normalized spacial score (nSPS) is 18.4. The standard InChI is InChI=1S/C22H23NO5/c24-21(25)14-27-15-6-5-11-23(12-15)22(26)28-13-20-18-9-3-1-7-16(18)17-8-2-4-10-19(17)20/h1-4,7-10,15,20H,5-6,11-14H2,(H,24,25). The number of likely N-dealkylation sites (tertiary alicyclic amines) is 1. The van der Waals surface area contributed by atoms with Crippen molar-refractivity contribution in [2.75, 3.05) is 26.3 Å². The molecule has 1 fully saturated rings. The minimum atomic E-state index is -1.00. The van der Waals surface area contributed by atoms with Crippen LogP contribution in [0.15, 0.2) is 48.5 Å². The van der Waals surface area contributed by atoms with Crippen molar-refractivity contribution >= 4 is 12.1 Å². The highest BCUT2D eigenvalue weighted by Crippen LogP contribution is 2.44. The van der Waals surface area contributed by atoms with Gasteiger partial charge >= 0.3 is 12.1 Å². The molecule has 0 radical (unpaired) electrons. The van der Waals surface area contributed by atoms with E-state index in [1.807, 2.05) is 24.3 Å². The van der Waals surface area contributed by atoms with Crippen LogP contribution >= 0.6 is 0 Å². The van der Waals surface area contributed by atoms with Gasteiger partial charge in [-0.05, 0) is 35.1 Å². The summed E-state index contributed by atoms with van der Waals surface area (Å²) < 4.78 is 11.0. The number of hydrogen-bond donors (Lipinski definition) is 1. The molecule has 1 aliphatic carbocycles. The van der Waals surface area contributed by atoms with Crippen LogP contribution in [0, 0.1) is 0 Å². The zero-order valence-electron chi connectivity index (χ0n) is 15.5. The van der Waals surface area contributed by atoms with Gasteiger partial charge in [0.25, 0.3) is 0 Å². The highest BCUT2D eigenvalue weighted by atomic mass is 16.6. The van der Waals surface area contributed by atoms with Crippen molar-refractivity contribution in [2.24, 2.45) is 0 Å². The van der Waals surface area contributed by atoms with Crippen LogP contribution in [0.3, 0.4) is 0 Å². The molecule has 1 amide bonds. The zero-order valence-corrected chi connectivity index (χ0v) is 15.5. The molecule has 0 spiro atoms. The van der Waals surface area contributed by atoms with Crippen LogP contribution in [0.5, 0.6) is 0 Å². The number of amides is 1. The minimum absolute atomic E-state index is 0.0280. The van der Waals surface area contributed by atoms with Gasteiger partial charge in [0.05, 0.1) is 12.6 Å². The molecule has 4 rings (SSSR count). The SMILES string of the molecule is O=C(O)COC1CCCN(C(=O)OCC2c3ccccc3-c3ccccc32)C1. The van der Waals surface area contributed by atoms with Crippen LogP contribution in [0.25, 0.3) is 11.1 Å². The maximum Gasteiger partial charge on any atom is 0.409 e. The number of aliphatic carboxylic acids is 1. The van der Waals surface area contributed by atoms with Crippen LogP contribution < -0.4 is 0 Å². The average Bonchev–Trinajstić information content (AvgIpc) is 3.04. The topological polar surface area (TPSA) is 76.1 Å². The summed E-state index contributed by atoms with van der Waals surface area (Å²) in [7, 11) is 0. The number of piperidine rings is 1. The Bertz CT molecular complexity index is 835. The molecule has 0 saturated carbocycles. The number of carbonyl (C=O) groups excluding carboxylic acids is 1. The number of carboxylic acids is 1. The number of carbonyl (C=O) groups is 2. The van der Waals surface area contributed by atoms with Crippen LogP contribution in [0.1, 0.15) is 29.9 Å². The van der Waals surface area contributed by atoms with Gasteiger partial charge in [0, 0.05) is 12.5 Å². The Labute approximate surface area is 163 Å². The minimum Gasteiger partial charge on any atom is -0.480 e. The Hall–Kier alpha value is -2.86. The van der Waals surface area contributed by atoms with Crippen molar-refractivity contribution in [2.45, 2.75) is 24.9 Å². The summed E-state index contributed by atoms with van der Waals surface area (Å²) in [6.07, 6.45) is 0.894. The molecule has 2 aromatic carbocycles. The summed E-state index contributed by atoms with van der Waals surface area (Å²) in [5.74, 6) is -0.974. The van der Waals surface area contributed by atoms with Crippen LogP contribution in [0.2, 0.25) is 0 Å². The second-order valence-corrected chi connectivity index (χ2v) is 7.22. The third kappa shape index (κ3) is 3.73. The van der Waals surface area contributed by atoms with Gasteiger partial charge in [-0.1, -0.05) is 48.5 Å². The van der Waals surface area contributed by atoms with Crippen molar-refractivity contribution in [3.8, 4) is 11.1 Å². The van der Waals surface area contributed by atoms with E-state index in [2.05, 4.69) is 24.3 Å². The number of benzene rings is 2. The van der Waals surface area contributed by atoms with Crippen molar-refractivity contribution < 1.29 is 24.2 Å². The van der Waals surface area contributed by atoms with E-state index in [9.17, 15) is 9.59 Å². The molecule has 0 bridgehead atoms. The van der Waals surface area contributed by atoms with Gasteiger partial charge < -0.3 is 19.5 Å². The smallest absolute Gasteiger partial charge is 0.409 e. The maximum absolute atomic E-state index is 12.6. The molecular formula is C22H23NO5. The molecular weight excluding hydrogens is 358 g/mol. The van der Waals surface area contributed by atoms with Crippen LogP contribution in [-0.4, -0.2) is 54.5 Å². The first-order valence-electron chi connectivity index (χ1n) is 9.57. The number of ether oxygens (including phenoxy) is 2. The summed E-state index contributed by atoms with van der Waals surface area (Å²) in [6, 6.07) is 16.4. The Morgan fingerprint density at radius 2 is 1.68 bits per heavy atom. The maximum atomic E-state index is 12.6. The molecule has 0 aromatic heterocycles. The molecule has 2 aromatic rings. The van der Waals surface area contributed by atoms with Gasteiger partial charge in [-0.3, -0.25) is 0 Å². The predicted octanol–water partition coefficient (Wildman–Crippen LogP) is 3.50. The third-order valence-corrected chi connectivity index (χ3v) is 5.41. The van der Waals surface area contributed by atoms with Crippen molar-refractivity contribution in [3.63, 3.8) is 0 Å². The number of hydrogen-bond acceptors (Lipinski definition) is 4. The van der Waals surface area contributed by atoms with Crippen LogP contribution in [-0.2, 0) is 14.3 Å². The molecule has 1 aliphatic heterocycles. The van der Waals surface area contributed by atoms with Crippen molar-refractivity contribution in [1.82, 2.24) is 4.90 Å². The first-order chi connectivity index (χ1) is 13.6. The monoisotopic (exact) mass is 381 g/mol. The quantitative estimate of drug-likeness (QED) is 0.858.